The summed E-state index contributed by atoms with van der Waals surface area (Å²) >= 11 is 0. The number of aryl methyl sites for hydroxylation is 1. The molecule has 7 rings (SSSR count). The van der Waals surface area contributed by atoms with Crippen LogP contribution in [0.3, 0.4) is 0 Å². The second kappa shape index (κ2) is 17.4. The zero-order valence-electron chi connectivity index (χ0n) is 34.2. The number of esters is 1. The molecule has 4 saturated carbocycles. The van der Waals surface area contributed by atoms with Crippen molar-refractivity contribution in [1.29, 1.82) is 0 Å². The summed E-state index contributed by atoms with van der Waals surface area (Å²) in [7, 11) is 3.77. The maximum absolute atomic E-state index is 12.7. The Labute approximate surface area is 332 Å². The summed E-state index contributed by atoms with van der Waals surface area (Å²) in [6, 6.07) is 7.79. The van der Waals surface area contributed by atoms with Gasteiger partial charge in [0.15, 0.2) is 6.29 Å². The Balaban J connectivity index is 0.000000592. The Bertz CT molecular complexity index is 1660. The van der Waals surface area contributed by atoms with Crippen LogP contribution in [0.4, 0.5) is 5.69 Å². The van der Waals surface area contributed by atoms with E-state index >= 15 is 0 Å². The minimum atomic E-state index is -0.935. The van der Waals surface area contributed by atoms with Gasteiger partial charge in [-0.05, 0) is 88.0 Å². The maximum atomic E-state index is 12.7. The molecule has 56 heavy (non-hydrogen) atoms. The molecule has 5 aliphatic carbocycles. The molecule has 0 amide bonds. The number of carbonyl (C=O) groups excluding carboxylic acids is 1. The van der Waals surface area contributed by atoms with Gasteiger partial charge < -0.3 is 40.0 Å². The van der Waals surface area contributed by atoms with Gasteiger partial charge in [-0.25, -0.2) is 0 Å². The van der Waals surface area contributed by atoms with Crippen LogP contribution in [0.1, 0.15) is 103 Å². The van der Waals surface area contributed by atoms with E-state index in [1.807, 2.05) is 58.3 Å². The van der Waals surface area contributed by atoms with Crippen molar-refractivity contribution >= 4 is 29.0 Å². The number of carboxylic acids is 1. The topological polar surface area (TPSA) is 166 Å². The zero-order chi connectivity index (χ0) is 40.3. The number of hydrogen-bond donors (Lipinski definition) is 3. The number of anilines is 1. The standard InChI is InChI=1S/C37H55N3O8.C7H9N/c1-6-10-32(44)45-22-29(38-40(4)5)37-30(47-34(48-37)23-11-8-7-9-12-23)20-27-26-14-13-24-19-25(39-46-18-16-31(42)43)15-17-35(24,2)33(26)28(41)21-36(27,37)3;1-6-2-4-7(8)5-3-6/h15,17,19,23,26-28,30,33-34,41H,6-14,16,18,20-22H2,1-5H3,(H,42,43);2-5H,8H2,1H3/b38-29?,39-25-;/t26-,27-,28-,30+,33+,34?,35-,36-,37+;/m0./s1. The molecule has 6 aliphatic rings. The second-order valence-electron chi connectivity index (χ2n) is 17.5. The Kier molecular flexibility index (Phi) is 13.0. The van der Waals surface area contributed by atoms with Crippen molar-refractivity contribution in [2.45, 2.75) is 129 Å². The molecule has 1 saturated heterocycles. The quantitative estimate of drug-likeness (QED) is 0.0697. The fraction of sp³-hybridized carbons (Fsp3) is 0.682. The summed E-state index contributed by atoms with van der Waals surface area (Å²) in [5.74, 6) is -0.465. The fourth-order valence-corrected chi connectivity index (χ4v) is 11.0. The summed E-state index contributed by atoms with van der Waals surface area (Å²) in [4.78, 5) is 28.8. The first-order chi connectivity index (χ1) is 26.7. The number of aliphatic carboxylic acids is 1. The Morgan fingerprint density at radius 1 is 1.07 bits per heavy atom. The number of nitrogens with zero attached hydrogens (tertiary/aromatic N) is 3. The first kappa shape index (κ1) is 41.9. The molecule has 308 valence electrons. The van der Waals surface area contributed by atoms with Gasteiger partial charge in [-0.3, -0.25) is 9.59 Å². The highest BCUT2D eigenvalue weighted by atomic mass is 16.7. The summed E-state index contributed by atoms with van der Waals surface area (Å²) < 4.78 is 20.2. The van der Waals surface area contributed by atoms with Gasteiger partial charge in [0.05, 0.1) is 18.6 Å². The van der Waals surface area contributed by atoms with Gasteiger partial charge >= 0.3 is 11.9 Å². The Morgan fingerprint density at radius 2 is 1.80 bits per heavy atom. The van der Waals surface area contributed by atoms with E-state index < -0.39 is 23.1 Å². The van der Waals surface area contributed by atoms with E-state index in [4.69, 9.17) is 35.0 Å². The Morgan fingerprint density at radius 3 is 2.46 bits per heavy atom. The number of benzene rings is 1. The lowest BCUT2D eigenvalue weighted by atomic mass is 9.46. The number of fused-ring (bicyclic) bond motifs is 7. The number of hydrazone groups is 1. The number of oxime groups is 1. The molecule has 9 atom stereocenters. The molecule has 5 fully saturated rings. The van der Waals surface area contributed by atoms with Crippen molar-refractivity contribution in [2.75, 3.05) is 33.0 Å². The number of hydrogen-bond acceptors (Lipinski definition) is 11. The minimum Gasteiger partial charge on any atom is -0.481 e. The summed E-state index contributed by atoms with van der Waals surface area (Å²) in [5.41, 5.74) is 8.25. The normalized spacial score (nSPS) is 35.6. The first-order valence-electron chi connectivity index (χ1n) is 20.8. The number of rotatable bonds is 11. The number of aliphatic hydroxyl groups is 1. The number of allylic oxidation sites excluding steroid dienone is 4. The van der Waals surface area contributed by atoms with Gasteiger partial charge in [-0.1, -0.05) is 74.5 Å². The monoisotopic (exact) mass is 776 g/mol. The highest BCUT2D eigenvalue weighted by Gasteiger charge is 2.75. The van der Waals surface area contributed by atoms with Crippen LogP contribution in [0.25, 0.3) is 0 Å². The molecule has 12 nitrogen and oxygen atoms in total. The molecule has 0 spiro atoms. The van der Waals surface area contributed by atoms with Crippen LogP contribution >= 0.6 is 0 Å². The van der Waals surface area contributed by atoms with E-state index in [1.54, 1.807) is 5.01 Å². The summed E-state index contributed by atoms with van der Waals surface area (Å²) in [6.07, 6.45) is 14.7. The predicted octanol–water partition coefficient (Wildman–Crippen LogP) is 7.05. The molecule has 1 heterocycles. The van der Waals surface area contributed by atoms with Crippen molar-refractivity contribution in [1.82, 2.24) is 5.01 Å². The van der Waals surface area contributed by atoms with Gasteiger partial charge in [0.25, 0.3) is 0 Å². The number of carbonyl (C=O) groups is 2. The van der Waals surface area contributed by atoms with E-state index in [0.717, 1.165) is 37.8 Å². The van der Waals surface area contributed by atoms with Crippen LogP contribution in [0.5, 0.6) is 0 Å². The van der Waals surface area contributed by atoms with Crippen molar-refractivity contribution in [3.8, 4) is 0 Å². The highest BCUT2D eigenvalue weighted by Crippen LogP contribution is 2.70. The molecule has 1 aliphatic heterocycles. The molecular formula is C44H64N4O8. The van der Waals surface area contributed by atoms with Gasteiger partial charge in [-0.2, -0.15) is 5.10 Å². The number of ether oxygens (including phenoxy) is 3. The third-order valence-electron chi connectivity index (χ3n) is 13.5. The number of nitrogen functional groups attached to an aromatic ring is 1. The third kappa shape index (κ3) is 8.29. The fourth-order valence-electron chi connectivity index (χ4n) is 11.0. The molecule has 1 aromatic rings. The maximum Gasteiger partial charge on any atom is 0.306 e. The molecule has 0 radical (unpaired) electrons. The van der Waals surface area contributed by atoms with E-state index in [9.17, 15) is 14.7 Å². The van der Waals surface area contributed by atoms with Crippen LogP contribution in [0.15, 0.2) is 58.3 Å². The lowest BCUT2D eigenvalue weighted by Gasteiger charge is -2.60. The molecular weight excluding hydrogens is 713 g/mol. The Hall–Kier alpha value is -3.74. The number of aliphatic hydroxyl groups excluding tert-OH is 1. The molecule has 1 aromatic carbocycles. The van der Waals surface area contributed by atoms with E-state index in [0.29, 0.717) is 36.6 Å². The minimum absolute atomic E-state index is 0.0112. The third-order valence-corrected chi connectivity index (χ3v) is 13.5. The van der Waals surface area contributed by atoms with E-state index in [-0.39, 0.29) is 61.2 Å². The van der Waals surface area contributed by atoms with Crippen molar-refractivity contribution < 1.29 is 38.9 Å². The molecule has 12 heteroatoms. The SMILES string of the molecule is CCCC(=O)OCC(=NN(C)C)[C@@]12OC(C3CCCCC3)O[C@@H]1C[C@H]1[C@@H]3CCC4=C/C(=N\OCCC(=O)O)C=C[C@]4(C)[C@H]3[C@@H](O)C[C@@]12C.Cc1ccc(N)cc1. The van der Waals surface area contributed by atoms with E-state index in [2.05, 4.69) is 31.2 Å². The number of carboxylic acid groups (broad SMARTS) is 1. The van der Waals surface area contributed by atoms with Crippen molar-refractivity contribution in [3.63, 3.8) is 0 Å². The van der Waals surface area contributed by atoms with Crippen LogP contribution in [-0.2, 0) is 28.6 Å². The van der Waals surface area contributed by atoms with Crippen molar-refractivity contribution in [2.24, 2.45) is 44.8 Å². The van der Waals surface area contributed by atoms with Crippen LogP contribution < -0.4 is 5.73 Å². The van der Waals surface area contributed by atoms with Gasteiger partial charge in [0.1, 0.15) is 30.2 Å². The van der Waals surface area contributed by atoms with Gasteiger partial charge in [-0.15, -0.1) is 0 Å². The second-order valence-corrected chi connectivity index (χ2v) is 17.5. The highest BCUT2D eigenvalue weighted by molar-refractivity contribution is 6.05. The average molecular weight is 777 g/mol. The lowest BCUT2D eigenvalue weighted by Crippen LogP contribution is -2.64. The summed E-state index contributed by atoms with van der Waals surface area (Å²) in [5, 5.41) is 32.2. The molecule has 1 unspecified atom stereocenters. The molecule has 0 bridgehead atoms. The average Bonchev–Trinajstić information content (AvgIpc) is 3.66. The van der Waals surface area contributed by atoms with Crippen LogP contribution in [0.2, 0.25) is 0 Å². The largest absolute Gasteiger partial charge is 0.481 e. The van der Waals surface area contributed by atoms with Gasteiger partial charge in [0, 0.05) is 48.9 Å². The number of nitrogens with two attached hydrogens (primary N) is 1. The summed E-state index contributed by atoms with van der Waals surface area (Å²) in [6.45, 7) is 8.55. The predicted molar refractivity (Wildman–Crippen MR) is 216 cm³/mol. The molecule has 4 N–H and O–H groups in total. The first-order valence-corrected chi connectivity index (χ1v) is 20.8. The van der Waals surface area contributed by atoms with Crippen LogP contribution in [0, 0.1) is 41.4 Å². The molecule has 0 aromatic heterocycles. The van der Waals surface area contributed by atoms with E-state index in [1.165, 1.54) is 30.4 Å². The smallest absolute Gasteiger partial charge is 0.306 e. The van der Waals surface area contributed by atoms with Crippen LogP contribution in [-0.4, -0.2) is 90.0 Å². The van der Waals surface area contributed by atoms with Crippen molar-refractivity contribution in [3.05, 3.63) is 53.6 Å². The lowest BCUT2D eigenvalue weighted by molar-refractivity contribution is -0.190. The zero-order valence-corrected chi connectivity index (χ0v) is 34.2. The van der Waals surface area contributed by atoms with Gasteiger partial charge in [0.2, 0.25) is 0 Å².